The van der Waals surface area contributed by atoms with Crippen molar-refractivity contribution in [3.63, 3.8) is 0 Å². The molecule has 1 heterocycles. The molecule has 2 heteroatoms. The normalized spacial score (nSPS) is 29.3. The highest BCUT2D eigenvalue weighted by Crippen LogP contribution is 2.41. The van der Waals surface area contributed by atoms with Crippen molar-refractivity contribution >= 4 is 0 Å². The van der Waals surface area contributed by atoms with Crippen LogP contribution in [0.5, 0.6) is 0 Å². The van der Waals surface area contributed by atoms with E-state index in [9.17, 15) is 0 Å². The van der Waals surface area contributed by atoms with Gasteiger partial charge < -0.3 is 10.2 Å². The van der Waals surface area contributed by atoms with Crippen LogP contribution in [0, 0.1) is 11.3 Å². The molecular weight excluding hydrogens is 208 g/mol. The lowest BCUT2D eigenvalue weighted by molar-refractivity contribution is 0.0963. The molecule has 2 rings (SSSR count). The first-order chi connectivity index (χ1) is 7.86. The molecule has 2 aliphatic rings. The van der Waals surface area contributed by atoms with Gasteiger partial charge in [-0.3, -0.25) is 0 Å². The van der Waals surface area contributed by atoms with E-state index in [2.05, 4.69) is 37.9 Å². The Morgan fingerprint density at radius 1 is 1.29 bits per heavy atom. The summed E-state index contributed by atoms with van der Waals surface area (Å²) in [7, 11) is 0. The van der Waals surface area contributed by atoms with Crippen molar-refractivity contribution < 1.29 is 0 Å². The quantitative estimate of drug-likeness (QED) is 0.810. The topological polar surface area (TPSA) is 15.3 Å². The van der Waals surface area contributed by atoms with Crippen molar-refractivity contribution in [1.82, 2.24) is 10.2 Å². The van der Waals surface area contributed by atoms with Gasteiger partial charge in [0.05, 0.1) is 0 Å². The molecule has 0 bridgehead atoms. The van der Waals surface area contributed by atoms with Crippen molar-refractivity contribution in [2.45, 2.75) is 58.9 Å². The largest absolute Gasteiger partial charge is 0.312 e. The van der Waals surface area contributed by atoms with Crippen LogP contribution in [0.1, 0.15) is 53.4 Å². The van der Waals surface area contributed by atoms with E-state index < -0.39 is 0 Å². The minimum atomic E-state index is 0.271. The van der Waals surface area contributed by atoms with E-state index in [-0.39, 0.29) is 5.54 Å². The highest BCUT2D eigenvalue weighted by atomic mass is 15.2. The predicted molar refractivity (Wildman–Crippen MR) is 74.3 cm³/mol. The summed E-state index contributed by atoms with van der Waals surface area (Å²) in [6.07, 6.45) is 5.75. The van der Waals surface area contributed by atoms with E-state index >= 15 is 0 Å². The van der Waals surface area contributed by atoms with Crippen molar-refractivity contribution in [3.8, 4) is 0 Å². The zero-order chi connectivity index (χ0) is 12.5. The summed E-state index contributed by atoms with van der Waals surface area (Å²) in [5.41, 5.74) is 0.930. The number of rotatable bonds is 4. The predicted octanol–water partition coefficient (Wildman–Crippen LogP) is 2.89. The second-order valence-corrected chi connectivity index (χ2v) is 7.68. The highest BCUT2D eigenvalue weighted by Gasteiger charge is 2.35. The second-order valence-electron chi connectivity index (χ2n) is 7.68. The van der Waals surface area contributed by atoms with Gasteiger partial charge in [0.1, 0.15) is 0 Å². The molecule has 1 unspecified atom stereocenters. The maximum atomic E-state index is 3.65. The summed E-state index contributed by atoms with van der Waals surface area (Å²) >= 11 is 0. The summed E-state index contributed by atoms with van der Waals surface area (Å²) in [6, 6.07) is 0. The van der Waals surface area contributed by atoms with Crippen LogP contribution in [0.25, 0.3) is 0 Å². The third-order valence-corrected chi connectivity index (χ3v) is 4.46. The lowest BCUT2D eigenvalue weighted by atomic mass is 9.70. The van der Waals surface area contributed by atoms with Crippen LogP contribution in [-0.4, -0.2) is 36.6 Å². The molecule has 0 aromatic carbocycles. The molecule has 0 spiro atoms. The molecule has 1 saturated heterocycles. The number of nitrogens with zero attached hydrogens (tertiary/aromatic N) is 1. The average Bonchev–Trinajstić information content (AvgIpc) is 2.59. The van der Waals surface area contributed by atoms with Gasteiger partial charge in [0.2, 0.25) is 0 Å². The van der Waals surface area contributed by atoms with Crippen LogP contribution in [0.4, 0.5) is 0 Å². The van der Waals surface area contributed by atoms with Crippen molar-refractivity contribution in [1.29, 1.82) is 0 Å². The molecule has 2 nitrogen and oxygen atoms in total. The van der Waals surface area contributed by atoms with Crippen LogP contribution >= 0.6 is 0 Å². The van der Waals surface area contributed by atoms with Crippen LogP contribution in [-0.2, 0) is 0 Å². The first-order valence-electron chi connectivity index (χ1n) is 7.34. The average molecular weight is 238 g/mol. The van der Waals surface area contributed by atoms with E-state index in [1.807, 2.05) is 0 Å². The van der Waals surface area contributed by atoms with Gasteiger partial charge in [0.15, 0.2) is 0 Å². The molecule has 17 heavy (non-hydrogen) atoms. The number of nitrogens with one attached hydrogen (secondary N) is 1. The highest BCUT2D eigenvalue weighted by molar-refractivity contribution is 4.89. The van der Waals surface area contributed by atoms with Gasteiger partial charge in [0.25, 0.3) is 0 Å². The molecule has 1 atom stereocenters. The van der Waals surface area contributed by atoms with E-state index in [1.165, 1.54) is 51.9 Å². The maximum absolute atomic E-state index is 3.65. The third-order valence-electron chi connectivity index (χ3n) is 4.46. The Hall–Kier alpha value is -0.0800. The molecule has 0 radical (unpaired) electrons. The number of hydrogen-bond donors (Lipinski definition) is 1. The van der Waals surface area contributed by atoms with Crippen LogP contribution in [0.2, 0.25) is 0 Å². The Labute approximate surface area is 107 Å². The van der Waals surface area contributed by atoms with Gasteiger partial charge in [-0.1, -0.05) is 13.3 Å². The fraction of sp³-hybridized carbons (Fsp3) is 1.00. The summed E-state index contributed by atoms with van der Waals surface area (Å²) < 4.78 is 0. The molecule has 1 saturated carbocycles. The van der Waals surface area contributed by atoms with Crippen LogP contribution < -0.4 is 5.32 Å². The van der Waals surface area contributed by atoms with Crippen LogP contribution in [0.3, 0.4) is 0 Å². The van der Waals surface area contributed by atoms with Crippen molar-refractivity contribution in [2.75, 3.05) is 26.2 Å². The zero-order valence-corrected chi connectivity index (χ0v) is 12.2. The Morgan fingerprint density at radius 2 is 2.00 bits per heavy atom. The third kappa shape index (κ3) is 3.96. The molecule has 0 aromatic rings. The van der Waals surface area contributed by atoms with E-state index in [1.54, 1.807) is 0 Å². The number of hydrogen-bond acceptors (Lipinski definition) is 2. The summed E-state index contributed by atoms with van der Waals surface area (Å²) in [5, 5.41) is 3.65. The molecule has 0 aromatic heterocycles. The minimum Gasteiger partial charge on any atom is -0.312 e. The Morgan fingerprint density at radius 3 is 2.53 bits per heavy atom. The van der Waals surface area contributed by atoms with Gasteiger partial charge in [-0.15, -0.1) is 0 Å². The zero-order valence-electron chi connectivity index (χ0n) is 12.2. The van der Waals surface area contributed by atoms with Gasteiger partial charge in [-0.05, 0) is 64.5 Å². The van der Waals surface area contributed by atoms with Crippen molar-refractivity contribution in [2.24, 2.45) is 11.3 Å². The molecule has 1 aliphatic carbocycles. The Balaban J connectivity index is 1.68. The van der Waals surface area contributed by atoms with Gasteiger partial charge in [-0.2, -0.15) is 0 Å². The van der Waals surface area contributed by atoms with Gasteiger partial charge in [0, 0.05) is 18.6 Å². The smallest absolute Gasteiger partial charge is 0.00966 e. The summed E-state index contributed by atoms with van der Waals surface area (Å²) in [4.78, 5) is 2.70. The fourth-order valence-electron chi connectivity index (χ4n) is 3.15. The van der Waals surface area contributed by atoms with Gasteiger partial charge >= 0.3 is 0 Å². The van der Waals surface area contributed by atoms with Crippen LogP contribution in [0.15, 0.2) is 0 Å². The Kier molecular flexibility index (Phi) is 3.84. The van der Waals surface area contributed by atoms with E-state index in [0.29, 0.717) is 5.41 Å². The number of likely N-dealkylation sites (tertiary alicyclic amines) is 1. The SMILES string of the molecule is CC1(CN2CCC(CNC(C)(C)C)C2)CCC1. The first-order valence-corrected chi connectivity index (χ1v) is 7.34. The second kappa shape index (κ2) is 4.89. The first kappa shape index (κ1) is 13.4. The minimum absolute atomic E-state index is 0.271. The molecule has 0 amide bonds. The molecule has 1 aliphatic heterocycles. The molecule has 2 fully saturated rings. The lowest BCUT2D eigenvalue weighted by Crippen LogP contribution is -2.41. The molecule has 1 N–H and O–H groups in total. The lowest BCUT2D eigenvalue weighted by Gasteiger charge is -2.41. The monoisotopic (exact) mass is 238 g/mol. The molecule has 100 valence electrons. The summed E-state index contributed by atoms with van der Waals surface area (Å²) in [6.45, 7) is 14.4. The fourth-order valence-corrected chi connectivity index (χ4v) is 3.15. The Bertz CT molecular complexity index is 250. The van der Waals surface area contributed by atoms with Gasteiger partial charge in [-0.25, -0.2) is 0 Å². The molecular formula is C15H30N2. The standard InChI is InChI=1S/C15H30N2/c1-14(2,3)16-10-13-6-9-17(11-13)12-15(4)7-5-8-15/h13,16H,5-12H2,1-4H3. The van der Waals surface area contributed by atoms with E-state index in [0.717, 1.165) is 5.92 Å². The van der Waals surface area contributed by atoms with Crippen molar-refractivity contribution in [3.05, 3.63) is 0 Å². The maximum Gasteiger partial charge on any atom is 0.00966 e. The summed E-state index contributed by atoms with van der Waals surface area (Å²) in [5.74, 6) is 0.873. The van der Waals surface area contributed by atoms with E-state index in [4.69, 9.17) is 0 Å².